The number of aromatic nitrogens is 1. The minimum atomic E-state index is -0.640. The second-order valence-corrected chi connectivity index (χ2v) is 11.2. The minimum Gasteiger partial charge on any atom is -0.392 e. The number of aliphatic hydroxyl groups excluding tert-OH is 1. The van der Waals surface area contributed by atoms with E-state index >= 15 is 0 Å². The summed E-state index contributed by atoms with van der Waals surface area (Å²) in [6, 6.07) is 13.1. The standard InChI is InChI=1S/C29H37N7O4S/c1-32-21(15-18-7-3-2-4-8-18)26(39)35-27(40)23-10-6-14-36(23)22(9-5-13-33-29(30)31)25(38)28-34-20-12-11-19(17-37)16-24(20)41-28/h2-4,7-8,11-12,16,21-23,32,37H,5-6,9-10,13-15,17H2,1H3,(H4,30,31,33)(H,35,39,40)/t21-,22+,23+/m1/s1. The van der Waals surface area contributed by atoms with E-state index in [0.29, 0.717) is 55.7 Å². The second-order valence-electron chi connectivity index (χ2n) is 10.1. The zero-order chi connectivity index (χ0) is 29.4. The Labute approximate surface area is 243 Å². The Kier molecular flexibility index (Phi) is 10.5. The Hall–Kier alpha value is -3.71. The van der Waals surface area contributed by atoms with Crippen LogP contribution in [0.2, 0.25) is 0 Å². The lowest BCUT2D eigenvalue weighted by atomic mass is 10.0. The van der Waals surface area contributed by atoms with Crippen molar-refractivity contribution in [2.75, 3.05) is 20.1 Å². The molecule has 2 amide bonds. The van der Waals surface area contributed by atoms with Gasteiger partial charge in [-0.3, -0.25) is 30.0 Å². The number of benzene rings is 2. The third-order valence-corrected chi connectivity index (χ3v) is 8.34. The molecule has 4 rings (SSSR count). The highest BCUT2D eigenvalue weighted by Gasteiger charge is 2.40. The van der Waals surface area contributed by atoms with Gasteiger partial charge in [0.25, 0.3) is 0 Å². The maximum atomic E-state index is 13.9. The summed E-state index contributed by atoms with van der Waals surface area (Å²) in [6.07, 6.45) is 2.63. The number of likely N-dealkylation sites (tertiary alicyclic amines) is 1. The Morgan fingerprint density at radius 1 is 1.20 bits per heavy atom. The fourth-order valence-corrected chi connectivity index (χ4v) is 6.21. The number of imide groups is 1. The lowest BCUT2D eigenvalue weighted by Crippen LogP contribution is -2.54. The van der Waals surface area contributed by atoms with Crippen LogP contribution in [0.25, 0.3) is 10.2 Å². The molecule has 1 aliphatic heterocycles. The quantitative estimate of drug-likeness (QED) is 0.0760. The SMILES string of the molecule is CN[C@H](Cc1ccccc1)C(=O)NC(=O)[C@@H]1CCCN1[C@@H](CCCNC(=N)N)C(=O)c1nc2ccc(CO)cc2s1. The third-order valence-electron chi connectivity index (χ3n) is 7.31. The number of carbonyl (C=O) groups excluding carboxylic acids is 3. The Morgan fingerprint density at radius 3 is 2.68 bits per heavy atom. The number of nitrogens with one attached hydrogen (secondary N) is 4. The number of thiazole rings is 1. The molecule has 218 valence electrons. The monoisotopic (exact) mass is 579 g/mol. The summed E-state index contributed by atoms with van der Waals surface area (Å²) in [6.45, 7) is 0.832. The Bertz CT molecular complexity index is 1380. The molecule has 41 heavy (non-hydrogen) atoms. The van der Waals surface area contributed by atoms with Crippen LogP contribution in [0.4, 0.5) is 0 Å². The molecule has 0 spiro atoms. The number of amides is 2. The average molecular weight is 580 g/mol. The molecule has 0 aliphatic carbocycles. The number of fused-ring (bicyclic) bond motifs is 1. The lowest BCUT2D eigenvalue weighted by Gasteiger charge is -2.31. The normalized spacial score (nSPS) is 16.8. The van der Waals surface area contributed by atoms with Crippen LogP contribution >= 0.6 is 11.3 Å². The van der Waals surface area contributed by atoms with E-state index in [0.717, 1.165) is 15.8 Å². The van der Waals surface area contributed by atoms with E-state index in [1.807, 2.05) is 41.3 Å². The van der Waals surface area contributed by atoms with E-state index in [1.165, 1.54) is 11.3 Å². The number of likely N-dealkylation sites (N-methyl/N-ethyl adjacent to an activating group) is 1. The number of aliphatic hydroxyl groups is 1. The van der Waals surface area contributed by atoms with Gasteiger partial charge in [-0.25, -0.2) is 4.98 Å². The summed E-state index contributed by atoms with van der Waals surface area (Å²) >= 11 is 1.26. The molecular weight excluding hydrogens is 542 g/mol. The molecule has 2 heterocycles. The molecule has 11 nitrogen and oxygen atoms in total. The molecular formula is C29H37N7O4S. The van der Waals surface area contributed by atoms with Crippen molar-refractivity contribution < 1.29 is 19.5 Å². The first-order chi connectivity index (χ1) is 19.8. The number of rotatable bonds is 13. The molecule has 1 saturated heterocycles. The molecule has 2 aromatic carbocycles. The van der Waals surface area contributed by atoms with Crippen LogP contribution in [0.1, 0.15) is 46.6 Å². The van der Waals surface area contributed by atoms with E-state index in [4.69, 9.17) is 11.1 Å². The number of hydrogen-bond donors (Lipinski definition) is 6. The van der Waals surface area contributed by atoms with Crippen LogP contribution in [-0.4, -0.2) is 76.8 Å². The zero-order valence-corrected chi connectivity index (χ0v) is 23.9. The van der Waals surface area contributed by atoms with Crippen LogP contribution in [0.3, 0.4) is 0 Å². The number of nitrogens with zero attached hydrogens (tertiary/aromatic N) is 2. The van der Waals surface area contributed by atoms with Crippen LogP contribution < -0.4 is 21.7 Å². The molecule has 1 fully saturated rings. The molecule has 7 N–H and O–H groups in total. The number of ketones is 1. The van der Waals surface area contributed by atoms with E-state index < -0.39 is 29.9 Å². The molecule has 0 saturated carbocycles. The van der Waals surface area contributed by atoms with E-state index in [2.05, 4.69) is 20.9 Å². The van der Waals surface area contributed by atoms with Gasteiger partial charge in [-0.1, -0.05) is 36.4 Å². The van der Waals surface area contributed by atoms with Gasteiger partial charge in [0.05, 0.1) is 34.9 Å². The highest BCUT2D eigenvalue weighted by atomic mass is 32.1. The predicted octanol–water partition coefficient (Wildman–Crippen LogP) is 1.54. The molecule has 0 bridgehead atoms. The first kappa shape index (κ1) is 30.3. The van der Waals surface area contributed by atoms with Crippen molar-refractivity contribution in [1.82, 2.24) is 25.8 Å². The lowest BCUT2D eigenvalue weighted by molar-refractivity contribution is -0.134. The summed E-state index contributed by atoms with van der Waals surface area (Å²) in [7, 11) is 1.69. The number of Topliss-reactive ketones (excluding diaryl/α,β-unsaturated/α-hetero) is 1. The van der Waals surface area contributed by atoms with Gasteiger partial charge in [0.1, 0.15) is 0 Å². The van der Waals surface area contributed by atoms with Crippen LogP contribution in [0.5, 0.6) is 0 Å². The Morgan fingerprint density at radius 2 is 1.98 bits per heavy atom. The van der Waals surface area contributed by atoms with Gasteiger partial charge >= 0.3 is 0 Å². The van der Waals surface area contributed by atoms with Gasteiger partial charge in [0.2, 0.25) is 17.6 Å². The van der Waals surface area contributed by atoms with Crippen LogP contribution in [0.15, 0.2) is 48.5 Å². The summed E-state index contributed by atoms with van der Waals surface area (Å²) in [5, 5.41) is 25.6. The summed E-state index contributed by atoms with van der Waals surface area (Å²) in [5.74, 6) is -1.17. The summed E-state index contributed by atoms with van der Waals surface area (Å²) < 4.78 is 0.801. The van der Waals surface area contributed by atoms with Crippen molar-refractivity contribution in [3.05, 3.63) is 64.7 Å². The molecule has 1 aliphatic rings. The van der Waals surface area contributed by atoms with E-state index in [9.17, 15) is 19.5 Å². The number of guanidine groups is 1. The minimum absolute atomic E-state index is 0.105. The first-order valence-corrected chi connectivity index (χ1v) is 14.6. The van der Waals surface area contributed by atoms with Crippen molar-refractivity contribution in [2.24, 2.45) is 5.73 Å². The summed E-state index contributed by atoms with van der Waals surface area (Å²) in [5.41, 5.74) is 7.80. The largest absolute Gasteiger partial charge is 0.392 e. The van der Waals surface area contributed by atoms with Gasteiger partial charge in [-0.05, 0) is 69.0 Å². The first-order valence-electron chi connectivity index (χ1n) is 13.7. The zero-order valence-electron chi connectivity index (χ0n) is 23.1. The van der Waals surface area contributed by atoms with Crippen LogP contribution in [-0.2, 0) is 22.6 Å². The van der Waals surface area contributed by atoms with Gasteiger partial charge in [-0.2, -0.15) is 0 Å². The number of nitrogens with two attached hydrogens (primary N) is 1. The van der Waals surface area contributed by atoms with Crippen molar-refractivity contribution in [3.63, 3.8) is 0 Å². The Balaban J connectivity index is 1.51. The fraction of sp³-hybridized carbons (Fsp3) is 0.414. The van der Waals surface area contributed by atoms with Crippen LogP contribution in [0, 0.1) is 5.41 Å². The topological polar surface area (TPSA) is 174 Å². The van der Waals surface area contributed by atoms with Crippen molar-refractivity contribution in [1.29, 1.82) is 5.41 Å². The second kappa shape index (κ2) is 14.3. The number of carbonyl (C=O) groups is 3. The highest BCUT2D eigenvalue weighted by Crippen LogP contribution is 2.29. The molecule has 0 radical (unpaired) electrons. The van der Waals surface area contributed by atoms with Gasteiger partial charge < -0.3 is 21.5 Å². The highest BCUT2D eigenvalue weighted by molar-refractivity contribution is 7.20. The summed E-state index contributed by atoms with van der Waals surface area (Å²) in [4.78, 5) is 46.8. The maximum Gasteiger partial charge on any atom is 0.244 e. The molecule has 3 atom stereocenters. The fourth-order valence-electron chi connectivity index (χ4n) is 5.19. The van der Waals surface area contributed by atoms with E-state index in [1.54, 1.807) is 19.2 Å². The molecule has 3 aromatic rings. The number of hydrogen-bond acceptors (Lipinski definition) is 9. The van der Waals surface area contributed by atoms with E-state index in [-0.39, 0.29) is 18.3 Å². The predicted molar refractivity (Wildman–Crippen MR) is 159 cm³/mol. The smallest absolute Gasteiger partial charge is 0.244 e. The van der Waals surface area contributed by atoms with Gasteiger partial charge in [0, 0.05) is 6.54 Å². The third kappa shape index (κ3) is 7.73. The average Bonchev–Trinajstić information content (AvgIpc) is 3.63. The van der Waals surface area contributed by atoms with Gasteiger partial charge in [-0.15, -0.1) is 11.3 Å². The van der Waals surface area contributed by atoms with Gasteiger partial charge in [0.15, 0.2) is 11.0 Å². The maximum absolute atomic E-state index is 13.9. The molecule has 12 heteroatoms. The molecule has 0 unspecified atom stereocenters. The van der Waals surface area contributed by atoms with Crippen molar-refractivity contribution in [3.8, 4) is 0 Å². The molecule has 1 aromatic heterocycles. The van der Waals surface area contributed by atoms with Crippen molar-refractivity contribution >= 4 is 45.1 Å². The van der Waals surface area contributed by atoms with Crippen molar-refractivity contribution in [2.45, 2.75) is 56.8 Å².